The van der Waals surface area contributed by atoms with Crippen LogP contribution >= 0.6 is 11.3 Å². The van der Waals surface area contributed by atoms with Crippen LogP contribution in [0.25, 0.3) is 0 Å². The highest BCUT2D eigenvalue weighted by Gasteiger charge is 2.28. The van der Waals surface area contributed by atoms with Crippen LogP contribution in [0.1, 0.15) is 29.4 Å². The summed E-state index contributed by atoms with van der Waals surface area (Å²) in [6, 6.07) is 0. The number of nitrogens with zero attached hydrogens (tertiary/aromatic N) is 1. The number of thiazole rings is 1. The Hall–Kier alpha value is -0.940. The van der Waals surface area contributed by atoms with Crippen molar-refractivity contribution in [1.29, 1.82) is 0 Å². The second-order valence-electron chi connectivity index (χ2n) is 4.21. The van der Waals surface area contributed by atoms with Gasteiger partial charge in [0, 0.05) is 11.4 Å². The second-order valence-corrected chi connectivity index (χ2v) is 5.50. The van der Waals surface area contributed by atoms with Gasteiger partial charge in [-0.05, 0) is 27.7 Å². The first kappa shape index (κ1) is 13.1. The van der Waals surface area contributed by atoms with Gasteiger partial charge in [-0.3, -0.25) is 10.1 Å². The van der Waals surface area contributed by atoms with Gasteiger partial charge in [-0.25, -0.2) is 4.98 Å². The molecule has 0 amide bonds. The predicted octanol–water partition coefficient (Wildman–Crippen LogP) is 1.80. The third-order valence-electron chi connectivity index (χ3n) is 2.39. The number of aryl methyl sites for hydroxylation is 2. The molecule has 0 aliphatic heterocycles. The number of rotatable bonds is 4. The molecule has 90 valence electrons. The van der Waals surface area contributed by atoms with Gasteiger partial charge < -0.3 is 4.74 Å². The van der Waals surface area contributed by atoms with E-state index < -0.39 is 5.54 Å². The molecule has 0 radical (unpaired) electrons. The normalized spacial score (nSPS) is 11.6. The van der Waals surface area contributed by atoms with E-state index in [1.54, 1.807) is 11.3 Å². The lowest BCUT2D eigenvalue weighted by Crippen LogP contribution is -2.46. The Morgan fingerprint density at radius 3 is 2.56 bits per heavy atom. The molecule has 0 aliphatic rings. The highest BCUT2D eigenvalue weighted by molar-refractivity contribution is 7.11. The monoisotopic (exact) mass is 242 g/mol. The molecule has 1 aromatic rings. The fourth-order valence-corrected chi connectivity index (χ4v) is 2.24. The quantitative estimate of drug-likeness (QED) is 0.818. The van der Waals surface area contributed by atoms with Crippen molar-refractivity contribution in [2.24, 2.45) is 0 Å². The summed E-state index contributed by atoms with van der Waals surface area (Å²) in [6.07, 6.45) is 0. The molecule has 0 spiro atoms. The molecular formula is C11H18N2O2S. The van der Waals surface area contributed by atoms with E-state index in [0.29, 0.717) is 6.54 Å². The molecule has 0 unspecified atom stereocenters. The molecule has 0 aliphatic carbocycles. The molecule has 1 N–H and O–H groups in total. The zero-order valence-electron chi connectivity index (χ0n) is 10.4. The van der Waals surface area contributed by atoms with Gasteiger partial charge in [-0.2, -0.15) is 0 Å². The van der Waals surface area contributed by atoms with Crippen LogP contribution in [0.4, 0.5) is 0 Å². The number of hydrogen-bond acceptors (Lipinski definition) is 5. The molecule has 0 saturated carbocycles. The van der Waals surface area contributed by atoms with Gasteiger partial charge in [0.2, 0.25) is 0 Å². The van der Waals surface area contributed by atoms with E-state index in [2.05, 4.69) is 10.3 Å². The van der Waals surface area contributed by atoms with Gasteiger partial charge in [0.25, 0.3) is 0 Å². The summed E-state index contributed by atoms with van der Waals surface area (Å²) in [7, 11) is 1.40. The van der Waals surface area contributed by atoms with E-state index in [9.17, 15) is 4.79 Å². The average Bonchev–Trinajstić information content (AvgIpc) is 2.53. The highest BCUT2D eigenvalue weighted by Crippen LogP contribution is 2.18. The molecule has 0 bridgehead atoms. The molecule has 16 heavy (non-hydrogen) atoms. The molecule has 1 rings (SSSR count). The van der Waals surface area contributed by atoms with E-state index >= 15 is 0 Å². The molecule has 0 fully saturated rings. The lowest BCUT2D eigenvalue weighted by molar-refractivity contribution is -0.147. The van der Waals surface area contributed by atoms with E-state index in [1.165, 1.54) is 7.11 Å². The Morgan fingerprint density at radius 1 is 1.50 bits per heavy atom. The van der Waals surface area contributed by atoms with Crippen LogP contribution in [0.3, 0.4) is 0 Å². The van der Waals surface area contributed by atoms with Gasteiger partial charge >= 0.3 is 5.97 Å². The number of nitrogens with one attached hydrogen (secondary N) is 1. The maximum Gasteiger partial charge on any atom is 0.325 e. The zero-order valence-corrected chi connectivity index (χ0v) is 11.2. The first-order valence-corrected chi connectivity index (χ1v) is 5.95. The molecule has 1 heterocycles. The molecule has 0 aromatic carbocycles. The van der Waals surface area contributed by atoms with Crippen LogP contribution < -0.4 is 5.32 Å². The van der Waals surface area contributed by atoms with Crippen molar-refractivity contribution in [3.63, 3.8) is 0 Å². The first-order valence-electron chi connectivity index (χ1n) is 5.13. The third-order valence-corrected chi connectivity index (χ3v) is 3.46. The fourth-order valence-electron chi connectivity index (χ4n) is 1.37. The molecule has 0 atom stereocenters. The SMILES string of the molecule is COC(=O)C(C)(C)NCc1sc(C)nc1C. The number of carbonyl (C=O) groups is 1. The van der Waals surface area contributed by atoms with Crippen molar-refractivity contribution in [3.05, 3.63) is 15.6 Å². The van der Waals surface area contributed by atoms with Gasteiger partial charge in [0.15, 0.2) is 0 Å². The molecule has 1 aromatic heterocycles. The van der Waals surface area contributed by atoms with Gasteiger partial charge in [0.05, 0.1) is 17.8 Å². The Balaban J connectivity index is 2.64. The summed E-state index contributed by atoms with van der Waals surface area (Å²) in [5.74, 6) is -0.258. The van der Waals surface area contributed by atoms with Crippen LogP contribution in [-0.4, -0.2) is 23.6 Å². The number of ether oxygens (including phenoxy) is 1. The summed E-state index contributed by atoms with van der Waals surface area (Å²) in [4.78, 5) is 16.9. The average molecular weight is 242 g/mol. The standard InChI is InChI=1S/C11H18N2O2S/c1-7-9(16-8(2)13-7)6-12-11(3,4)10(14)15-5/h12H,6H2,1-5H3. The van der Waals surface area contributed by atoms with E-state index in [4.69, 9.17) is 4.74 Å². The summed E-state index contributed by atoms with van der Waals surface area (Å²) in [5, 5.41) is 4.22. The Bertz CT molecular complexity index is 385. The molecule has 5 heteroatoms. The molecular weight excluding hydrogens is 224 g/mol. The van der Waals surface area contributed by atoms with Crippen LogP contribution in [0.5, 0.6) is 0 Å². The minimum absolute atomic E-state index is 0.258. The minimum atomic E-state index is -0.668. The third kappa shape index (κ3) is 3.02. The largest absolute Gasteiger partial charge is 0.468 e. The number of methoxy groups -OCH3 is 1. The van der Waals surface area contributed by atoms with E-state index in [1.807, 2.05) is 27.7 Å². The van der Waals surface area contributed by atoms with Gasteiger partial charge in [-0.15, -0.1) is 11.3 Å². The maximum atomic E-state index is 11.4. The van der Waals surface area contributed by atoms with E-state index in [-0.39, 0.29) is 5.97 Å². The Labute approximate surface area is 100 Å². The summed E-state index contributed by atoms with van der Waals surface area (Å²) < 4.78 is 4.73. The minimum Gasteiger partial charge on any atom is -0.468 e. The lowest BCUT2D eigenvalue weighted by Gasteiger charge is -2.22. The summed E-state index contributed by atoms with van der Waals surface area (Å²) >= 11 is 1.65. The van der Waals surface area contributed by atoms with Crippen LogP contribution in [0.2, 0.25) is 0 Å². The number of aromatic nitrogens is 1. The molecule has 0 saturated heterocycles. The summed E-state index contributed by atoms with van der Waals surface area (Å²) in [5.41, 5.74) is 0.356. The fraction of sp³-hybridized carbons (Fsp3) is 0.636. The number of esters is 1. The van der Waals surface area contributed by atoms with Crippen molar-refractivity contribution in [1.82, 2.24) is 10.3 Å². The van der Waals surface area contributed by atoms with Crippen molar-refractivity contribution in [3.8, 4) is 0 Å². The lowest BCUT2D eigenvalue weighted by atomic mass is 10.1. The van der Waals surface area contributed by atoms with Crippen LogP contribution in [0.15, 0.2) is 0 Å². The van der Waals surface area contributed by atoms with Crippen LogP contribution in [0, 0.1) is 13.8 Å². The van der Waals surface area contributed by atoms with Gasteiger partial charge in [0.1, 0.15) is 5.54 Å². The second kappa shape index (κ2) is 4.93. The van der Waals surface area contributed by atoms with Crippen molar-refractivity contribution < 1.29 is 9.53 Å². The predicted molar refractivity (Wildman–Crippen MR) is 64.5 cm³/mol. The Kier molecular flexibility index (Phi) is 4.04. The van der Waals surface area contributed by atoms with Crippen molar-refractivity contribution in [2.75, 3.05) is 7.11 Å². The number of carbonyl (C=O) groups excluding carboxylic acids is 1. The first-order chi connectivity index (χ1) is 7.36. The molecule has 4 nitrogen and oxygen atoms in total. The zero-order chi connectivity index (χ0) is 12.3. The topological polar surface area (TPSA) is 51.2 Å². The Morgan fingerprint density at radius 2 is 2.12 bits per heavy atom. The maximum absolute atomic E-state index is 11.4. The van der Waals surface area contributed by atoms with Crippen molar-refractivity contribution in [2.45, 2.75) is 39.8 Å². The summed E-state index contributed by atoms with van der Waals surface area (Å²) in [6.45, 7) is 8.21. The number of hydrogen-bond donors (Lipinski definition) is 1. The van der Waals surface area contributed by atoms with Gasteiger partial charge in [-0.1, -0.05) is 0 Å². The smallest absolute Gasteiger partial charge is 0.325 e. The highest BCUT2D eigenvalue weighted by atomic mass is 32.1. The van der Waals surface area contributed by atoms with Crippen molar-refractivity contribution >= 4 is 17.3 Å². The van der Waals surface area contributed by atoms with E-state index in [0.717, 1.165) is 15.6 Å². The van der Waals surface area contributed by atoms with Crippen LogP contribution in [-0.2, 0) is 16.1 Å².